The molecule has 0 spiro atoms. The van der Waals surface area contributed by atoms with Crippen molar-refractivity contribution < 1.29 is 9.32 Å². The number of nitrogens with zero attached hydrogens (tertiary/aromatic N) is 1. The Labute approximate surface area is 124 Å². The number of carbonyl (C=O) groups excluding carboxylic acids is 1. The summed E-state index contributed by atoms with van der Waals surface area (Å²) >= 11 is 9.39. The zero-order valence-corrected chi connectivity index (χ0v) is 12.6. The van der Waals surface area contributed by atoms with E-state index < -0.39 is 0 Å². The highest BCUT2D eigenvalue weighted by Crippen LogP contribution is 2.30. The summed E-state index contributed by atoms with van der Waals surface area (Å²) in [5.74, 6) is 0.259. The van der Waals surface area contributed by atoms with Crippen LogP contribution in [0, 0.1) is 6.92 Å². The minimum Gasteiger partial charge on any atom is -0.360 e. The third-order valence-corrected chi connectivity index (χ3v) is 3.32. The predicted molar refractivity (Wildman–Crippen MR) is 77.8 cm³/mol. The molecule has 2 aromatic rings. The summed E-state index contributed by atoms with van der Waals surface area (Å²) in [6.07, 6.45) is 0. The molecule has 19 heavy (non-hydrogen) atoms. The van der Waals surface area contributed by atoms with Gasteiger partial charge < -0.3 is 9.84 Å². The van der Waals surface area contributed by atoms with E-state index in [1.54, 1.807) is 19.1 Å². The number of amides is 1. The van der Waals surface area contributed by atoms with Gasteiger partial charge in [0.1, 0.15) is 17.0 Å². The average molecular weight is 344 g/mol. The van der Waals surface area contributed by atoms with Crippen LogP contribution in [0.1, 0.15) is 16.1 Å². The molecule has 0 aliphatic rings. The molecule has 2 rings (SSSR count). The van der Waals surface area contributed by atoms with Gasteiger partial charge in [0.05, 0.1) is 5.02 Å². The van der Waals surface area contributed by atoms with E-state index in [-0.39, 0.29) is 5.91 Å². The van der Waals surface area contributed by atoms with Crippen LogP contribution in [0.5, 0.6) is 0 Å². The van der Waals surface area contributed by atoms with Crippen LogP contribution in [0.4, 0.5) is 0 Å². The van der Waals surface area contributed by atoms with Gasteiger partial charge in [-0.1, -0.05) is 50.9 Å². The van der Waals surface area contributed by atoms with Gasteiger partial charge in [0.2, 0.25) is 0 Å². The first-order chi connectivity index (χ1) is 9.15. The molecule has 0 radical (unpaired) electrons. The summed E-state index contributed by atoms with van der Waals surface area (Å²) in [5.41, 5.74) is 1.58. The fourth-order valence-corrected chi connectivity index (χ4v) is 2.15. The molecule has 0 bridgehead atoms. The molecule has 0 fully saturated rings. The first kappa shape index (κ1) is 14.1. The predicted octanol–water partition coefficient (Wildman–Crippen LogP) is 3.43. The van der Waals surface area contributed by atoms with E-state index >= 15 is 0 Å². The Hall–Kier alpha value is -1.33. The largest absolute Gasteiger partial charge is 0.360 e. The van der Waals surface area contributed by atoms with Gasteiger partial charge in [-0.15, -0.1) is 0 Å². The standard InChI is InChI=1S/C13H12BrClN2O2/c1-8-11(13(18)16-7-6-14)12(17-19-8)9-4-2-3-5-10(9)15/h2-5H,6-7H2,1H3,(H,16,18). The van der Waals surface area contributed by atoms with E-state index in [0.717, 1.165) is 0 Å². The van der Waals surface area contributed by atoms with Crippen molar-refractivity contribution in [1.29, 1.82) is 0 Å². The average Bonchev–Trinajstić information content (AvgIpc) is 2.78. The second-order valence-electron chi connectivity index (χ2n) is 3.89. The number of nitrogens with one attached hydrogen (secondary N) is 1. The van der Waals surface area contributed by atoms with Crippen molar-refractivity contribution in [1.82, 2.24) is 10.5 Å². The van der Waals surface area contributed by atoms with Crippen molar-refractivity contribution in [3.63, 3.8) is 0 Å². The van der Waals surface area contributed by atoms with Crippen LogP contribution in [0.15, 0.2) is 28.8 Å². The third-order valence-electron chi connectivity index (χ3n) is 2.60. The summed E-state index contributed by atoms with van der Waals surface area (Å²) in [7, 11) is 0. The SMILES string of the molecule is Cc1onc(-c2ccccc2Cl)c1C(=O)NCCBr. The summed E-state index contributed by atoms with van der Waals surface area (Å²) in [4.78, 5) is 12.1. The molecule has 0 saturated carbocycles. The van der Waals surface area contributed by atoms with Crippen LogP contribution in [0.3, 0.4) is 0 Å². The molecule has 0 aliphatic carbocycles. The molecular weight excluding hydrogens is 332 g/mol. The van der Waals surface area contributed by atoms with Crippen molar-refractivity contribution >= 4 is 33.4 Å². The first-order valence-electron chi connectivity index (χ1n) is 5.70. The first-order valence-corrected chi connectivity index (χ1v) is 7.20. The van der Waals surface area contributed by atoms with Crippen molar-refractivity contribution in [2.75, 3.05) is 11.9 Å². The van der Waals surface area contributed by atoms with E-state index in [0.29, 0.717) is 39.5 Å². The van der Waals surface area contributed by atoms with Crippen LogP contribution in [0.25, 0.3) is 11.3 Å². The van der Waals surface area contributed by atoms with E-state index in [1.807, 2.05) is 12.1 Å². The fraction of sp³-hybridized carbons (Fsp3) is 0.231. The number of aromatic nitrogens is 1. The van der Waals surface area contributed by atoms with Gasteiger partial charge in [-0.05, 0) is 13.0 Å². The second-order valence-corrected chi connectivity index (χ2v) is 5.09. The van der Waals surface area contributed by atoms with E-state index in [1.165, 1.54) is 0 Å². The molecule has 1 aromatic carbocycles. The summed E-state index contributed by atoms with van der Waals surface area (Å²) in [6, 6.07) is 7.22. The lowest BCUT2D eigenvalue weighted by Gasteiger charge is -2.05. The molecule has 0 atom stereocenters. The lowest BCUT2D eigenvalue weighted by Crippen LogP contribution is -2.25. The maximum Gasteiger partial charge on any atom is 0.257 e. The zero-order chi connectivity index (χ0) is 13.8. The third kappa shape index (κ3) is 2.98. The molecule has 0 unspecified atom stereocenters. The lowest BCUT2D eigenvalue weighted by atomic mass is 10.1. The Morgan fingerprint density at radius 1 is 1.47 bits per heavy atom. The van der Waals surface area contributed by atoms with Gasteiger partial charge in [0.15, 0.2) is 0 Å². The molecule has 1 heterocycles. The molecule has 100 valence electrons. The topological polar surface area (TPSA) is 55.1 Å². The Bertz CT molecular complexity index is 598. The molecule has 1 N–H and O–H groups in total. The maximum atomic E-state index is 12.1. The summed E-state index contributed by atoms with van der Waals surface area (Å²) in [5, 5.41) is 7.94. The van der Waals surface area contributed by atoms with Crippen molar-refractivity contribution in [3.05, 3.63) is 40.6 Å². The molecule has 4 nitrogen and oxygen atoms in total. The number of aryl methyl sites for hydroxylation is 1. The monoisotopic (exact) mass is 342 g/mol. The normalized spacial score (nSPS) is 10.5. The van der Waals surface area contributed by atoms with Crippen LogP contribution >= 0.6 is 27.5 Å². The number of benzene rings is 1. The van der Waals surface area contributed by atoms with Gasteiger partial charge in [-0.3, -0.25) is 4.79 Å². The number of hydrogen-bond acceptors (Lipinski definition) is 3. The Kier molecular flexibility index (Phi) is 4.61. The Morgan fingerprint density at radius 2 is 2.21 bits per heavy atom. The Balaban J connectivity index is 2.43. The van der Waals surface area contributed by atoms with Gasteiger partial charge >= 0.3 is 0 Å². The van der Waals surface area contributed by atoms with Crippen LogP contribution in [0.2, 0.25) is 5.02 Å². The fourth-order valence-electron chi connectivity index (χ4n) is 1.73. The maximum absolute atomic E-state index is 12.1. The van der Waals surface area contributed by atoms with E-state index in [2.05, 4.69) is 26.4 Å². The number of alkyl halides is 1. The molecule has 0 aliphatic heterocycles. The molecule has 6 heteroatoms. The van der Waals surface area contributed by atoms with E-state index in [4.69, 9.17) is 16.1 Å². The minimum absolute atomic E-state index is 0.215. The molecule has 0 saturated heterocycles. The smallest absolute Gasteiger partial charge is 0.257 e. The van der Waals surface area contributed by atoms with Gasteiger partial charge in [-0.2, -0.15) is 0 Å². The van der Waals surface area contributed by atoms with Crippen LogP contribution < -0.4 is 5.32 Å². The van der Waals surface area contributed by atoms with Gasteiger partial charge in [0, 0.05) is 17.4 Å². The number of hydrogen-bond donors (Lipinski definition) is 1. The highest BCUT2D eigenvalue weighted by molar-refractivity contribution is 9.09. The molecular formula is C13H12BrClN2O2. The quantitative estimate of drug-likeness (QED) is 0.865. The summed E-state index contributed by atoms with van der Waals surface area (Å²) < 4.78 is 5.12. The van der Waals surface area contributed by atoms with E-state index in [9.17, 15) is 4.79 Å². The number of rotatable bonds is 4. The van der Waals surface area contributed by atoms with Gasteiger partial charge in [0.25, 0.3) is 5.91 Å². The van der Waals surface area contributed by atoms with Crippen LogP contribution in [-0.4, -0.2) is 22.9 Å². The van der Waals surface area contributed by atoms with Gasteiger partial charge in [-0.25, -0.2) is 0 Å². The molecule has 1 amide bonds. The van der Waals surface area contributed by atoms with Crippen LogP contribution in [-0.2, 0) is 0 Å². The minimum atomic E-state index is -0.215. The van der Waals surface area contributed by atoms with Crippen molar-refractivity contribution in [3.8, 4) is 11.3 Å². The highest BCUT2D eigenvalue weighted by atomic mass is 79.9. The summed E-state index contributed by atoms with van der Waals surface area (Å²) in [6.45, 7) is 2.24. The Morgan fingerprint density at radius 3 is 2.89 bits per heavy atom. The van der Waals surface area contributed by atoms with Crippen molar-refractivity contribution in [2.45, 2.75) is 6.92 Å². The molecule has 1 aromatic heterocycles. The highest BCUT2D eigenvalue weighted by Gasteiger charge is 2.22. The second kappa shape index (κ2) is 6.21. The number of carbonyl (C=O) groups is 1. The zero-order valence-electron chi connectivity index (χ0n) is 10.2. The van der Waals surface area contributed by atoms with Crippen molar-refractivity contribution in [2.24, 2.45) is 0 Å². The number of halogens is 2. The lowest BCUT2D eigenvalue weighted by molar-refractivity contribution is 0.0955.